The first-order valence-corrected chi connectivity index (χ1v) is 12.7. The Morgan fingerprint density at radius 3 is 2.39 bits per heavy atom. The summed E-state index contributed by atoms with van der Waals surface area (Å²) in [6.07, 6.45) is 0.388. The SMILES string of the molecule is O=C(Oc1ccc([C@@H]2Oc3ccccc3[C@@H]3CC(c4cccc5ccccc45)=NN32)cc1)c1ccccc1. The molecule has 0 bridgehead atoms. The molecule has 0 saturated carbocycles. The Labute approximate surface area is 220 Å². The third kappa shape index (κ3) is 3.89. The Kier molecular flexibility index (Phi) is 5.40. The van der Waals surface area contributed by atoms with Gasteiger partial charge in [-0.2, -0.15) is 5.10 Å². The lowest BCUT2D eigenvalue weighted by atomic mass is 9.93. The van der Waals surface area contributed by atoms with Crippen LogP contribution in [0.5, 0.6) is 11.5 Å². The molecule has 2 heterocycles. The third-order valence-corrected chi connectivity index (χ3v) is 7.18. The Morgan fingerprint density at radius 2 is 1.53 bits per heavy atom. The van der Waals surface area contributed by atoms with Gasteiger partial charge < -0.3 is 9.47 Å². The lowest BCUT2D eigenvalue weighted by molar-refractivity contribution is -0.0190. The van der Waals surface area contributed by atoms with Crippen molar-refractivity contribution in [3.63, 3.8) is 0 Å². The van der Waals surface area contributed by atoms with E-state index in [9.17, 15) is 4.79 Å². The molecule has 2 aliphatic heterocycles. The molecule has 0 saturated heterocycles. The van der Waals surface area contributed by atoms with Crippen molar-refractivity contribution in [3.05, 3.63) is 144 Å². The summed E-state index contributed by atoms with van der Waals surface area (Å²) in [4.78, 5) is 12.5. The van der Waals surface area contributed by atoms with Gasteiger partial charge in [0.1, 0.15) is 11.5 Å². The van der Waals surface area contributed by atoms with Gasteiger partial charge in [0.05, 0.1) is 17.3 Å². The van der Waals surface area contributed by atoms with E-state index in [0.717, 1.165) is 34.6 Å². The highest BCUT2D eigenvalue weighted by molar-refractivity contribution is 6.11. The van der Waals surface area contributed by atoms with Gasteiger partial charge >= 0.3 is 5.97 Å². The van der Waals surface area contributed by atoms with Crippen LogP contribution in [0.25, 0.3) is 10.8 Å². The van der Waals surface area contributed by atoms with E-state index in [-0.39, 0.29) is 12.0 Å². The number of ether oxygens (including phenoxy) is 2. The van der Waals surface area contributed by atoms with Crippen molar-refractivity contribution in [1.82, 2.24) is 5.01 Å². The van der Waals surface area contributed by atoms with Crippen LogP contribution < -0.4 is 9.47 Å². The molecule has 2 aliphatic rings. The first-order valence-electron chi connectivity index (χ1n) is 12.7. The number of hydrogen-bond acceptors (Lipinski definition) is 5. The summed E-state index contributed by atoms with van der Waals surface area (Å²) in [5.74, 6) is 0.967. The van der Waals surface area contributed by atoms with Gasteiger partial charge in [-0.3, -0.25) is 0 Å². The summed E-state index contributed by atoms with van der Waals surface area (Å²) in [6.45, 7) is 0. The molecule has 0 unspecified atom stereocenters. The minimum Gasteiger partial charge on any atom is -0.464 e. The zero-order chi connectivity index (χ0) is 25.5. The van der Waals surface area contributed by atoms with Gasteiger partial charge in [-0.15, -0.1) is 0 Å². The fourth-order valence-corrected chi connectivity index (χ4v) is 5.33. The smallest absolute Gasteiger partial charge is 0.343 e. The Bertz CT molecular complexity index is 1670. The molecule has 7 rings (SSSR count). The second kappa shape index (κ2) is 9.20. The van der Waals surface area contributed by atoms with Crippen LogP contribution >= 0.6 is 0 Å². The molecule has 38 heavy (non-hydrogen) atoms. The van der Waals surface area contributed by atoms with E-state index in [1.165, 1.54) is 10.8 Å². The standard InChI is InChI=1S/C33H24N2O3/c36-33(24-10-2-1-3-11-24)37-25-19-17-23(18-20-25)32-35-30(28-14-6-7-16-31(28)38-32)21-29(34-35)27-15-8-12-22-9-4-5-13-26(22)27/h1-20,30,32H,21H2/t30-,32-/m0/s1. The maximum atomic E-state index is 12.5. The van der Waals surface area contributed by atoms with Gasteiger partial charge in [-0.25, -0.2) is 9.80 Å². The van der Waals surface area contributed by atoms with Gasteiger partial charge in [0, 0.05) is 23.1 Å². The third-order valence-electron chi connectivity index (χ3n) is 7.18. The molecule has 0 radical (unpaired) electrons. The molecule has 5 aromatic rings. The van der Waals surface area contributed by atoms with E-state index < -0.39 is 6.23 Å². The van der Waals surface area contributed by atoms with E-state index in [1.807, 2.05) is 48.5 Å². The predicted octanol–water partition coefficient (Wildman–Crippen LogP) is 7.30. The van der Waals surface area contributed by atoms with Crippen LogP contribution in [0.2, 0.25) is 0 Å². The maximum absolute atomic E-state index is 12.5. The number of nitrogens with zero attached hydrogens (tertiary/aromatic N) is 2. The van der Waals surface area contributed by atoms with E-state index in [1.54, 1.807) is 24.3 Å². The van der Waals surface area contributed by atoms with Crippen molar-refractivity contribution in [3.8, 4) is 11.5 Å². The van der Waals surface area contributed by atoms with E-state index in [4.69, 9.17) is 14.6 Å². The number of rotatable bonds is 4. The van der Waals surface area contributed by atoms with Crippen molar-refractivity contribution in [2.75, 3.05) is 0 Å². The molecular weight excluding hydrogens is 472 g/mol. The maximum Gasteiger partial charge on any atom is 0.343 e. The van der Waals surface area contributed by atoms with Crippen LogP contribution in [0.15, 0.2) is 126 Å². The van der Waals surface area contributed by atoms with Crippen molar-refractivity contribution in [1.29, 1.82) is 0 Å². The molecule has 0 spiro atoms. The molecule has 5 aromatic carbocycles. The van der Waals surface area contributed by atoms with Crippen LogP contribution in [0.3, 0.4) is 0 Å². The fraction of sp³-hybridized carbons (Fsp3) is 0.0909. The summed E-state index contributed by atoms with van der Waals surface area (Å²) in [7, 11) is 0. The predicted molar refractivity (Wildman–Crippen MR) is 147 cm³/mol. The quantitative estimate of drug-likeness (QED) is 0.193. The molecule has 5 nitrogen and oxygen atoms in total. The number of carbonyl (C=O) groups excluding carboxylic acids is 1. The molecule has 0 aliphatic carbocycles. The van der Waals surface area contributed by atoms with Crippen LogP contribution in [0.1, 0.15) is 45.7 Å². The summed E-state index contributed by atoms with van der Waals surface area (Å²) in [5, 5.41) is 9.61. The number of esters is 1. The lowest BCUT2D eigenvalue weighted by Crippen LogP contribution is -2.33. The van der Waals surface area contributed by atoms with Crippen molar-refractivity contribution < 1.29 is 14.3 Å². The van der Waals surface area contributed by atoms with E-state index in [0.29, 0.717) is 11.3 Å². The highest BCUT2D eigenvalue weighted by atomic mass is 16.5. The second-order valence-electron chi connectivity index (χ2n) is 9.51. The minimum atomic E-state index is -0.402. The summed E-state index contributed by atoms with van der Waals surface area (Å²) in [6, 6.07) is 39.5. The topological polar surface area (TPSA) is 51.1 Å². The van der Waals surface area contributed by atoms with Crippen molar-refractivity contribution in [2.45, 2.75) is 18.7 Å². The molecule has 0 fully saturated rings. The molecular formula is C33H24N2O3. The van der Waals surface area contributed by atoms with Crippen molar-refractivity contribution in [2.24, 2.45) is 5.10 Å². The highest BCUT2D eigenvalue weighted by Gasteiger charge is 2.41. The Balaban J connectivity index is 1.22. The average molecular weight is 497 g/mol. The van der Waals surface area contributed by atoms with Gasteiger partial charge in [0.2, 0.25) is 6.23 Å². The zero-order valence-corrected chi connectivity index (χ0v) is 20.5. The average Bonchev–Trinajstić information content (AvgIpc) is 3.43. The molecule has 184 valence electrons. The van der Waals surface area contributed by atoms with Crippen LogP contribution in [-0.2, 0) is 0 Å². The second-order valence-corrected chi connectivity index (χ2v) is 9.51. The molecule has 5 heteroatoms. The van der Waals surface area contributed by atoms with Crippen LogP contribution in [0, 0.1) is 0 Å². The molecule has 0 N–H and O–H groups in total. The molecule has 2 atom stereocenters. The fourth-order valence-electron chi connectivity index (χ4n) is 5.33. The first kappa shape index (κ1) is 22.3. The normalized spacial score (nSPS) is 17.8. The number of hydrazone groups is 1. The number of benzene rings is 5. The summed E-state index contributed by atoms with van der Waals surface area (Å²) >= 11 is 0. The van der Waals surface area contributed by atoms with Crippen LogP contribution in [0.4, 0.5) is 0 Å². The number of hydrogen-bond donors (Lipinski definition) is 0. The van der Waals surface area contributed by atoms with Gasteiger partial charge in [-0.05, 0) is 53.2 Å². The van der Waals surface area contributed by atoms with Gasteiger partial charge in [0.25, 0.3) is 0 Å². The van der Waals surface area contributed by atoms with Gasteiger partial charge in [-0.1, -0.05) is 78.9 Å². The van der Waals surface area contributed by atoms with E-state index in [2.05, 4.69) is 53.5 Å². The monoisotopic (exact) mass is 496 g/mol. The summed E-state index contributed by atoms with van der Waals surface area (Å²) < 4.78 is 12.1. The van der Waals surface area contributed by atoms with E-state index >= 15 is 0 Å². The molecule has 0 amide bonds. The lowest BCUT2D eigenvalue weighted by Gasteiger charge is -2.38. The number of fused-ring (bicyclic) bond motifs is 4. The largest absolute Gasteiger partial charge is 0.464 e. The number of para-hydroxylation sites is 1. The Morgan fingerprint density at radius 1 is 0.789 bits per heavy atom. The Hall–Kier alpha value is -4.90. The van der Waals surface area contributed by atoms with Gasteiger partial charge in [0.15, 0.2) is 0 Å². The minimum absolute atomic E-state index is 0.0644. The van der Waals surface area contributed by atoms with Crippen LogP contribution in [-0.4, -0.2) is 16.7 Å². The zero-order valence-electron chi connectivity index (χ0n) is 20.5. The summed E-state index contributed by atoms with van der Waals surface area (Å²) in [5.41, 5.74) is 4.78. The highest BCUT2D eigenvalue weighted by Crippen LogP contribution is 2.47. The first-order chi connectivity index (χ1) is 18.7. The van der Waals surface area contributed by atoms with Crippen molar-refractivity contribution >= 4 is 22.5 Å². The molecule has 0 aromatic heterocycles. The number of carbonyl (C=O) groups is 1.